The van der Waals surface area contributed by atoms with Gasteiger partial charge in [0.25, 0.3) is 0 Å². The lowest BCUT2D eigenvalue weighted by Gasteiger charge is -2.17. The van der Waals surface area contributed by atoms with Crippen LogP contribution in [0.3, 0.4) is 0 Å². The van der Waals surface area contributed by atoms with Gasteiger partial charge in [0.1, 0.15) is 11.6 Å². The Morgan fingerprint density at radius 1 is 1.18 bits per heavy atom. The monoisotopic (exact) mass is 433 g/mol. The lowest BCUT2D eigenvalue weighted by molar-refractivity contribution is 0.0551. The van der Waals surface area contributed by atoms with Crippen molar-refractivity contribution in [2.24, 2.45) is 0 Å². The molecule has 0 fully saturated rings. The first kappa shape index (κ1) is 20.4. The number of nitrogens with one attached hydrogen (secondary N) is 1. The second-order valence-electron chi connectivity index (χ2n) is 6.08. The minimum Gasteiger partial charge on any atom is -0.334 e. The molecular formula is C17H13ClF4N3O2P. The molecule has 1 aromatic heterocycles. The molecule has 0 aliphatic heterocycles. The summed E-state index contributed by atoms with van der Waals surface area (Å²) in [5, 5.41) is 2.11. The number of hydrogen-bond acceptors (Lipinski definition) is 4. The molecule has 1 heterocycles. The van der Waals surface area contributed by atoms with Crippen LogP contribution in [0, 0.1) is 11.6 Å². The molecule has 0 aliphatic carbocycles. The first-order valence-electron chi connectivity index (χ1n) is 7.84. The Labute approximate surface area is 162 Å². The van der Waals surface area contributed by atoms with Gasteiger partial charge in [-0.05, 0) is 35.4 Å². The van der Waals surface area contributed by atoms with Gasteiger partial charge in [-0.2, -0.15) is 13.8 Å². The molecule has 0 spiro atoms. The zero-order valence-corrected chi connectivity index (χ0v) is 15.9. The van der Waals surface area contributed by atoms with E-state index < -0.39 is 30.2 Å². The van der Waals surface area contributed by atoms with Gasteiger partial charge in [-0.3, -0.25) is 0 Å². The van der Waals surface area contributed by atoms with E-state index in [1.54, 1.807) is 6.07 Å². The lowest BCUT2D eigenvalue weighted by atomic mass is 10.1. The summed E-state index contributed by atoms with van der Waals surface area (Å²) >= 11 is 4.80. The summed E-state index contributed by atoms with van der Waals surface area (Å²) in [5.41, 5.74) is 0.210. The van der Waals surface area contributed by atoms with Gasteiger partial charge in [0.05, 0.1) is 5.69 Å². The van der Waals surface area contributed by atoms with Crippen LogP contribution in [-0.2, 0) is 16.1 Å². The highest BCUT2D eigenvalue weighted by molar-refractivity contribution is 7.63. The van der Waals surface area contributed by atoms with Crippen LogP contribution in [0.1, 0.15) is 11.5 Å². The molecule has 0 saturated heterocycles. The summed E-state index contributed by atoms with van der Waals surface area (Å²) in [6, 6.07) is 9.38. The van der Waals surface area contributed by atoms with Gasteiger partial charge < -0.3 is 14.2 Å². The third-order valence-electron chi connectivity index (χ3n) is 3.68. The minimum atomic E-state index is -3.84. The van der Waals surface area contributed by atoms with E-state index in [-0.39, 0.29) is 28.8 Å². The summed E-state index contributed by atoms with van der Waals surface area (Å²) < 4.78 is 71.2. The number of aromatic nitrogens is 2. The number of alkyl halides is 3. The second-order valence-corrected chi connectivity index (χ2v) is 9.29. The maximum absolute atomic E-state index is 14.4. The molecule has 5 nitrogen and oxygen atoms in total. The summed E-state index contributed by atoms with van der Waals surface area (Å²) in [5.74, 6) is -2.71. The molecule has 1 atom stereocenters. The fraction of sp³-hybridized carbons (Fsp3) is 0.176. The highest BCUT2D eigenvalue weighted by Crippen LogP contribution is 2.46. The topological polar surface area (TPSA) is 68.0 Å². The summed E-state index contributed by atoms with van der Waals surface area (Å²) in [6.45, 7) is 1.36. The molecule has 0 radical (unpaired) electrons. The first-order valence-corrected chi connectivity index (χ1v) is 10.6. The second kappa shape index (κ2) is 7.56. The highest BCUT2D eigenvalue weighted by atomic mass is 35.5. The Morgan fingerprint density at radius 3 is 2.50 bits per heavy atom. The first-order chi connectivity index (χ1) is 13.0. The van der Waals surface area contributed by atoms with Gasteiger partial charge in [0, 0.05) is 18.4 Å². The van der Waals surface area contributed by atoms with E-state index in [1.807, 2.05) is 0 Å². The number of halogens is 5. The average molecular weight is 434 g/mol. The van der Waals surface area contributed by atoms with Crippen molar-refractivity contribution in [3.05, 3.63) is 65.6 Å². The zero-order chi connectivity index (χ0) is 20.5. The quantitative estimate of drug-likeness (QED) is 0.301. The number of nitrogens with zero attached hydrogens (tertiary/aromatic N) is 2. The Bertz CT molecular complexity index is 1050. The van der Waals surface area contributed by atoms with Crippen molar-refractivity contribution < 1.29 is 26.6 Å². The van der Waals surface area contributed by atoms with Crippen molar-refractivity contribution in [1.82, 2.24) is 10.1 Å². The molecule has 0 bridgehead atoms. The molecule has 1 N–H and O–H groups in total. The van der Waals surface area contributed by atoms with Crippen molar-refractivity contribution in [3.8, 4) is 11.4 Å². The van der Waals surface area contributed by atoms with Crippen molar-refractivity contribution in [3.63, 3.8) is 0 Å². The van der Waals surface area contributed by atoms with Gasteiger partial charge in [-0.15, -0.1) is 0 Å². The fourth-order valence-corrected chi connectivity index (χ4v) is 4.20. The van der Waals surface area contributed by atoms with Crippen molar-refractivity contribution in [1.29, 1.82) is 0 Å². The molecule has 0 amide bonds. The van der Waals surface area contributed by atoms with E-state index in [2.05, 4.69) is 19.8 Å². The third kappa shape index (κ3) is 4.72. The number of rotatable bonds is 6. The molecule has 0 saturated carbocycles. The van der Waals surface area contributed by atoms with Crippen LogP contribution in [-0.4, -0.2) is 16.8 Å². The Hall–Kier alpha value is -2.38. The van der Waals surface area contributed by atoms with Crippen LogP contribution in [0.5, 0.6) is 0 Å². The molecular weight excluding hydrogens is 421 g/mol. The van der Waals surface area contributed by atoms with Gasteiger partial charge in [-0.1, -0.05) is 29.4 Å². The molecule has 11 heteroatoms. The SMILES string of the molecule is CP(=O)(Cc1ccc(-c2noc(C(F)(F)Cl)n2)cc1F)Nc1ccccc1F. The molecule has 1 unspecified atom stereocenters. The number of para-hydroxylation sites is 1. The molecule has 3 aromatic rings. The van der Waals surface area contributed by atoms with E-state index in [4.69, 9.17) is 11.6 Å². The summed E-state index contributed by atoms with van der Waals surface area (Å²) in [7, 11) is -3.19. The van der Waals surface area contributed by atoms with E-state index in [0.29, 0.717) is 0 Å². The number of hydrogen-bond donors (Lipinski definition) is 1. The third-order valence-corrected chi connectivity index (χ3v) is 5.50. The summed E-state index contributed by atoms with van der Waals surface area (Å²) in [4.78, 5) is 3.43. The molecule has 148 valence electrons. The van der Waals surface area contributed by atoms with E-state index in [0.717, 1.165) is 6.07 Å². The van der Waals surface area contributed by atoms with Gasteiger partial charge in [-0.25, -0.2) is 8.78 Å². The maximum Gasteiger partial charge on any atom is 0.400 e. The molecule has 28 heavy (non-hydrogen) atoms. The lowest BCUT2D eigenvalue weighted by Crippen LogP contribution is -2.03. The zero-order valence-electron chi connectivity index (χ0n) is 14.3. The largest absolute Gasteiger partial charge is 0.400 e. The fourth-order valence-electron chi connectivity index (χ4n) is 2.44. The van der Waals surface area contributed by atoms with Gasteiger partial charge in [0.2, 0.25) is 5.82 Å². The average Bonchev–Trinajstić information content (AvgIpc) is 3.09. The van der Waals surface area contributed by atoms with Crippen LogP contribution in [0.15, 0.2) is 47.0 Å². The number of anilines is 1. The summed E-state index contributed by atoms with van der Waals surface area (Å²) in [6.07, 6.45) is -0.204. The Kier molecular flexibility index (Phi) is 5.50. The van der Waals surface area contributed by atoms with E-state index in [9.17, 15) is 22.1 Å². The van der Waals surface area contributed by atoms with Crippen molar-refractivity contribution in [2.45, 2.75) is 11.5 Å². The highest BCUT2D eigenvalue weighted by Gasteiger charge is 2.35. The van der Waals surface area contributed by atoms with Crippen LogP contribution < -0.4 is 5.09 Å². The maximum atomic E-state index is 14.4. The van der Waals surface area contributed by atoms with Crippen LogP contribution in [0.2, 0.25) is 0 Å². The van der Waals surface area contributed by atoms with Gasteiger partial charge >= 0.3 is 11.3 Å². The number of benzene rings is 2. The predicted molar refractivity (Wildman–Crippen MR) is 96.7 cm³/mol. The van der Waals surface area contributed by atoms with Gasteiger partial charge in [0.15, 0.2) is 7.29 Å². The van der Waals surface area contributed by atoms with E-state index >= 15 is 0 Å². The van der Waals surface area contributed by atoms with Crippen molar-refractivity contribution >= 4 is 24.6 Å². The normalized spacial score (nSPS) is 13.9. The van der Waals surface area contributed by atoms with Crippen LogP contribution in [0.25, 0.3) is 11.4 Å². The molecule has 3 rings (SSSR count). The van der Waals surface area contributed by atoms with E-state index in [1.165, 1.54) is 37.0 Å². The Balaban J connectivity index is 1.80. The predicted octanol–water partition coefficient (Wildman–Crippen LogP) is 5.82. The van der Waals surface area contributed by atoms with Crippen LogP contribution in [0.4, 0.5) is 23.2 Å². The molecule has 0 aliphatic rings. The molecule has 2 aromatic carbocycles. The standard InChI is InChI=1S/C17H13ClF4N3O2P/c1-28(26,25-14-5-3-2-4-12(14)19)9-11-7-6-10(8-13(11)20)15-23-16(27-24-15)17(18,21)22/h2-8H,9H2,1H3,(H,25,26). The van der Waals surface area contributed by atoms with Crippen molar-refractivity contribution in [2.75, 3.05) is 11.8 Å². The Morgan fingerprint density at radius 2 is 1.89 bits per heavy atom. The smallest absolute Gasteiger partial charge is 0.334 e. The minimum absolute atomic E-state index is 0.0479. The van der Waals surface area contributed by atoms with Crippen LogP contribution >= 0.6 is 18.9 Å².